The maximum absolute atomic E-state index is 3.59. The van der Waals surface area contributed by atoms with Crippen LogP contribution in [0.3, 0.4) is 0 Å². The zero-order valence-corrected chi connectivity index (χ0v) is 8.68. The van der Waals surface area contributed by atoms with Crippen LogP contribution < -0.4 is 0 Å². The van der Waals surface area contributed by atoms with Crippen LogP contribution in [0.15, 0.2) is 53.9 Å². The summed E-state index contributed by atoms with van der Waals surface area (Å²) in [6.45, 7) is 3.59. The van der Waals surface area contributed by atoms with Gasteiger partial charge in [-0.15, -0.1) is 11.8 Å². The van der Waals surface area contributed by atoms with Crippen LogP contribution in [0, 0.1) is 6.08 Å². The second-order valence-electron chi connectivity index (χ2n) is 3.05. The molecule has 0 atom stereocenters. The van der Waals surface area contributed by atoms with Crippen molar-refractivity contribution in [1.82, 2.24) is 0 Å². The van der Waals surface area contributed by atoms with E-state index in [1.165, 1.54) is 15.7 Å². The molecule has 0 fully saturated rings. The van der Waals surface area contributed by atoms with Crippen LogP contribution >= 0.6 is 11.8 Å². The van der Waals surface area contributed by atoms with Gasteiger partial charge in [0.1, 0.15) is 0 Å². The normalized spacial score (nSPS) is 10.3. The average molecular weight is 199 g/mol. The quantitative estimate of drug-likeness (QED) is 0.675. The van der Waals surface area contributed by atoms with Crippen LogP contribution in [0.2, 0.25) is 0 Å². The van der Waals surface area contributed by atoms with Crippen molar-refractivity contribution in [3.63, 3.8) is 0 Å². The first-order chi connectivity index (χ1) is 6.90. The number of thioether (sulfide) groups is 1. The van der Waals surface area contributed by atoms with Gasteiger partial charge in [-0.2, -0.15) is 0 Å². The lowest BCUT2D eigenvalue weighted by Crippen LogP contribution is -1.76. The van der Waals surface area contributed by atoms with Crippen molar-refractivity contribution in [3.8, 4) is 0 Å². The second-order valence-corrected chi connectivity index (χ2v) is 4.10. The van der Waals surface area contributed by atoms with Crippen LogP contribution in [0.5, 0.6) is 0 Å². The molecule has 0 aliphatic heterocycles. The average Bonchev–Trinajstić information content (AvgIpc) is 2.26. The van der Waals surface area contributed by atoms with E-state index in [0.29, 0.717) is 0 Å². The van der Waals surface area contributed by atoms with Gasteiger partial charge in [0.2, 0.25) is 0 Å². The van der Waals surface area contributed by atoms with E-state index >= 15 is 0 Å². The minimum absolute atomic E-state index is 0.846. The van der Waals surface area contributed by atoms with Gasteiger partial charge in [0.05, 0.1) is 0 Å². The van der Waals surface area contributed by atoms with Gasteiger partial charge in [-0.05, 0) is 29.0 Å². The molecule has 2 rings (SSSR count). The maximum atomic E-state index is 3.59. The lowest BCUT2D eigenvalue weighted by Gasteiger charge is -2.01. The Labute approximate surface area is 88.6 Å². The van der Waals surface area contributed by atoms with Crippen molar-refractivity contribution in [2.24, 2.45) is 0 Å². The minimum Gasteiger partial charge on any atom is -0.121 e. The molecule has 0 saturated carbocycles. The van der Waals surface area contributed by atoms with Crippen molar-refractivity contribution in [2.45, 2.75) is 4.90 Å². The van der Waals surface area contributed by atoms with Crippen molar-refractivity contribution in [1.29, 1.82) is 0 Å². The molecule has 0 aliphatic carbocycles. The molecule has 0 aromatic heterocycles. The van der Waals surface area contributed by atoms with Crippen LogP contribution in [-0.4, -0.2) is 5.75 Å². The Kier molecular flexibility index (Phi) is 2.90. The summed E-state index contributed by atoms with van der Waals surface area (Å²) in [5, 5.41) is 2.58. The number of hydrogen-bond donors (Lipinski definition) is 0. The van der Waals surface area contributed by atoms with Crippen molar-refractivity contribution in [2.75, 3.05) is 5.75 Å². The highest BCUT2D eigenvalue weighted by Crippen LogP contribution is 2.23. The minimum atomic E-state index is 0.846. The molecule has 1 heteroatoms. The van der Waals surface area contributed by atoms with Gasteiger partial charge in [-0.1, -0.05) is 36.9 Å². The summed E-state index contributed by atoms with van der Waals surface area (Å²) in [5.74, 6) is 0.846. The zero-order chi connectivity index (χ0) is 9.80. The molecule has 0 unspecified atom stereocenters. The van der Waals surface area contributed by atoms with E-state index in [0.717, 1.165) is 5.75 Å². The predicted molar refractivity (Wildman–Crippen MR) is 63.5 cm³/mol. The fourth-order valence-corrected chi connectivity index (χ4v) is 2.03. The molecule has 2 aromatic carbocycles. The second kappa shape index (κ2) is 4.34. The first-order valence-corrected chi connectivity index (χ1v) is 5.50. The first kappa shape index (κ1) is 9.35. The molecule has 14 heavy (non-hydrogen) atoms. The Morgan fingerprint density at radius 1 is 1.07 bits per heavy atom. The van der Waals surface area contributed by atoms with Gasteiger partial charge in [-0.25, -0.2) is 0 Å². The molecule has 0 saturated heterocycles. The highest BCUT2D eigenvalue weighted by Gasteiger charge is 1.95. The third-order valence-corrected chi connectivity index (χ3v) is 3.00. The molecule has 1 radical (unpaired) electrons. The van der Waals surface area contributed by atoms with Gasteiger partial charge < -0.3 is 0 Å². The zero-order valence-electron chi connectivity index (χ0n) is 7.86. The molecular formula is C13H11S. The summed E-state index contributed by atoms with van der Waals surface area (Å²) in [7, 11) is 0. The summed E-state index contributed by atoms with van der Waals surface area (Å²) in [6, 6.07) is 14.9. The summed E-state index contributed by atoms with van der Waals surface area (Å²) < 4.78 is 0. The lowest BCUT2D eigenvalue weighted by atomic mass is 10.1. The van der Waals surface area contributed by atoms with E-state index in [-0.39, 0.29) is 0 Å². The molecule has 0 spiro atoms. The van der Waals surface area contributed by atoms with Gasteiger partial charge >= 0.3 is 0 Å². The van der Waals surface area contributed by atoms with Gasteiger partial charge in [0, 0.05) is 10.6 Å². The number of rotatable bonds is 3. The van der Waals surface area contributed by atoms with Crippen molar-refractivity contribution >= 4 is 22.5 Å². The molecule has 0 aliphatic rings. The lowest BCUT2D eigenvalue weighted by molar-refractivity contribution is 1.50. The predicted octanol–water partition coefficient (Wildman–Crippen LogP) is 3.92. The molecular weight excluding hydrogens is 188 g/mol. The van der Waals surface area contributed by atoms with E-state index in [2.05, 4.69) is 55.1 Å². The molecule has 0 heterocycles. The topological polar surface area (TPSA) is 0 Å². The van der Waals surface area contributed by atoms with Crippen LogP contribution in [0.25, 0.3) is 10.8 Å². The SMILES string of the molecule is C=[C]CSc1ccc2ccccc2c1. The Morgan fingerprint density at radius 3 is 2.64 bits per heavy atom. The molecule has 0 bridgehead atoms. The standard InChI is InChI=1S/C13H11S/c1-2-9-14-13-8-7-11-5-3-4-6-12(11)10-13/h3-8,10H,1,9H2. The maximum Gasteiger partial charge on any atom is 0.0228 e. The molecule has 69 valence electrons. The Bertz CT molecular complexity index is 446. The van der Waals surface area contributed by atoms with Gasteiger partial charge in [-0.3, -0.25) is 0 Å². The molecule has 0 nitrogen and oxygen atoms in total. The van der Waals surface area contributed by atoms with E-state index in [1.807, 2.05) is 0 Å². The van der Waals surface area contributed by atoms with Crippen LogP contribution in [0.4, 0.5) is 0 Å². The fraction of sp³-hybridized carbons (Fsp3) is 0.0769. The molecule has 0 amide bonds. The Hall–Kier alpha value is -1.21. The summed E-state index contributed by atoms with van der Waals surface area (Å²) in [6.07, 6.45) is 2.88. The van der Waals surface area contributed by atoms with E-state index < -0.39 is 0 Å². The fourth-order valence-electron chi connectivity index (χ4n) is 1.39. The summed E-state index contributed by atoms with van der Waals surface area (Å²) >= 11 is 1.76. The Balaban J connectivity index is 2.36. The monoisotopic (exact) mass is 199 g/mol. The van der Waals surface area contributed by atoms with Gasteiger partial charge in [0.25, 0.3) is 0 Å². The van der Waals surface area contributed by atoms with E-state index in [9.17, 15) is 0 Å². The van der Waals surface area contributed by atoms with Crippen molar-refractivity contribution in [3.05, 3.63) is 55.1 Å². The third-order valence-electron chi connectivity index (χ3n) is 2.06. The smallest absolute Gasteiger partial charge is 0.0228 e. The number of benzene rings is 2. The van der Waals surface area contributed by atoms with E-state index in [4.69, 9.17) is 0 Å². The van der Waals surface area contributed by atoms with Gasteiger partial charge in [0.15, 0.2) is 0 Å². The summed E-state index contributed by atoms with van der Waals surface area (Å²) in [4.78, 5) is 1.28. The third kappa shape index (κ3) is 1.99. The number of fused-ring (bicyclic) bond motifs is 1. The van der Waals surface area contributed by atoms with E-state index in [1.54, 1.807) is 11.8 Å². The van der Waals surface area contributed by atoms with Crippen LogP contribution in [0.1, 0.15) is 0 Å². The molecule has 0 N–H and O–H groups in total. The largest absolute Gasteiger partial charge is 0.121 e. The number of hydrogen-bond acceptors (Lipinski definition) is 1. The Morgan fingerprint density at radius 2 is 1.86 bits per heavy atom. The highest BCUT2D eigenvalue weighted by molar-refractivity contribution is 7.99. The summed E-state index contributed by atoms with van der Waals surface area (Å²) in [5.41, 5.74) is 0. The van der Waals surface area contributed by atoms with Crippen molar-refractivity contribution < 1.29 is 0 Å². The van der Waals surface area contributed by atoms with Crippen LogP contribution in [-0.2, 0) is 0 Å². The first-order valence-electron chi connectivity index (χ1n) is 4.52. The highest BCUT2D eigenvalue weighted by atomic mass is 32.2. The molecule has 2 aromatic rings.